The molecule has 1 aromatic rings. The zero-order valence-electron chi connectivity index (χ0n) is 7.00. The van der Waals surface area contributed by atoms with Crippen LogP contribution in [0.2, 0.25) is 0 Å². The Labute approximate surface area is 75.2 Å². The van der Waals surface area contributed by atoms with E-state index in [1.54, 1.807) is 13.0 Å². The molecule has 0 aliphatic carbocycles. The monoisotopic (exact) mass is 173 g/mol. The second-order valence-electron chi connectivity index (χ2n) is 2.47. The number of nitriles is 2. The van der Waals surface area contributed by atoms with Gasteiger partial charge in [-0.3, -0.25) is 0 Å². The van der Waals surface area contributed by atoms with Crippen molar-refractivity contribution >= 4 is 11.5 Å². The van der Waals surface area contributed by atoms with Gasteiger partial charge in [0, 0.05) is 0 Å². The van der Waals surface area contributed by atoms with Crippen LogP contribution in [0.3, 0.4) is 0 Å². The molecule has 13 heavy (non-hydrogen) atoms. The molecule has 1 aromatic heterocycles. The third-order valence-corrected chi connectivity index (χ3v) is 1.67. The first kappa shape index (κ1) is 8.82. The topological polar surface area (TPSA) is 113 Å². The summed E-state index contributed by atoms with van der Waals surface area (Å²) in [5.74, 6) is 0.0662. The summed E-state index contributed by atoms with van der Waals surface area (Å²) in [6.07, 6.45) is 0. The van der Waals surface area contributed by atoms with Gasteiger partial charge in [0.05, 0.1) is 16.9 Å². The molecule has 4 N–H and O–H groups in total. The number of anilines is 2. The number of hydrogen-bond donors (Lipinski definition) is 2. The van der Waals surface area contributed by atoms with Gasteiger partial charge in [0.15, 0.2) is 0 Å². The van der Waals surface area contributed by atoms with Crippen molar-refractivity contribution in [3.8, 4) is 12.1 Å². The summed E-state index contributed by atoms with van der Waals surface area (Å²) in [5.41, 5.74) is 11.8. The third-order valence-electron chi connectivity index (χ3n) is 1.67. The summed E-state index contributed by atoms with van der Waals surface area (Å²) >= 11 is 0. The van der Waals surface area contributed by atoms with Crippen molar-refractivity contribution in [3.05, 3.63) is 16.8 Å². The molecule has 5 nitrogen and oxygen atoms in total. The molecular formula is C8H7N5. The lowest BCUT2D eigenvalue weighted by molar-refractivity contribution is 1.18. The molecule has 0 saturated carbocycles. The van der Waals surface area contributed by atoms with Gasteiger partial charge in [-0.25, -0.2) is 4.98 Å². The molecule has 1 rings (SSSR count). The fraction of sp³-hybridized carbons (Fsp3) is 0.125. The van der Waals surface area contributed by atoms with Crippen LogP contribution in [0.15, 0.2) is 0 Å². The molecule has 0 bridgehead atoms. The van der Waals surface area contributed by atoms with Gasteiger partial charge in [0.25, 0.3) is 0 Å². The highest BCUT2D eigenvalue weighted by Gasteiger charge is 2.12. The molecule has 64 valence electrons. The summed E-state index contributed by atoms with van der Waals surface area (Å²) < 4.78 is 0. The van der Waals surface area contributed by atoms with E-state index in [9.17, 15) is 0 Å². The molecule has 0 aliphatic rings. The number of pyridine rings is 1. The van der Waals surface area contributed by atoms with E-state index in [4.69, 9.17) is 22.0 Å². The van der Waals surface area contributed by atoms with E-state index in [0.29, 0.717) is 5.69 Å². The van der Waals surface area contributed by atoms with Gasteiger partial charge in [-0.15, -0.1) is 0 Å². The minimum absolute atomic E-state index is 0.0662. The lowest BCUT2D eigenvalue weighted by Gasteiger charge is -2.05. The molecule has 0 aromatic carbocycles. The Kier molecular flexibility index (Phi) is 2.03. The molecule has 5 heteroatoms. The number of aryl methyl sites for hydroxylation is 1. The molecule has 0 atom stereocenters. The summed E-state index contributed by atoms with van der Waals surface area (Å²) in [7, 11) is 0. The molecule has 0 unspecified atom stereocenters. The van der Waals surface area contributed by atoms with Crippen LogP contribution in [0.5, 0.6) is 0 Å². The van der Waals surface area contributed by atoms with Crippen LogP contribution in [-0.2, 0) is 0 Å². The molecule has 0 radical (unpaired) electrons. The Morgan fingerprint density at radius 1 is 1.15 bits per heavy atom. The molecule has 0 spiro atoms. The highest BCUT2D eigenvalue weighted by molar-refractivity contribution is 5.71. The van der Waals surface area contributed by atoms with Crippen molar-refractivity contribution in [2.24, 2.45) is 0 Å². The van der Waals surface area contributed by atoms with Crippen LogP contribution in [0, 0.1) is 29.6 Å². The Bertz CT molecular complexity index is 397. The maximum Gasteiger partial charge on any atom is 0.143 e. The van der Waals surface area contributed by atoms with E-state index in [0.717, 1.165) is 0 Å². The van der Waals surface area contributed by atoms with Crippen molar-refractivity contribution in [1.29, 1.82) is 10.5 Å². The number of nitrogen functional groups attached to an aromatic ring is 2. The average Bonchev–Trinajstić information content (AvgIpc) is 2.04. The number of nitrogens with zero attached hydrogens (tertiary/aromatic N) is 3. The van der Waals surface area contributed by atoms with Crippen molar-refractivity contribution in [2.75, 3.05) is 11.5 Å². The van der Waals surface area contributed by atoms with Gasteiger partial charge in [-0.1, -0.05) is 0 Å². The van der Waals surface area contributed by atoms with Crippen molar-refractivity contribution in [1.82, 2.24) is 4.98 Å². The number of hydrogen-bond acceptors (Lipinski definition) is 5. The quantitative estimate of drug-likeness (QED) is 0.585. The molecule has 0 amide bonds. The highest BCUT2D eigenvalue weighted by Crippen LogP contribution is 2.22. The Balaban J connectivity index is 3.63. The smallest absolute Gasteiger partial charge is 0.143 e. The molecule has 0 saturated heterocycles. The largest absolute Gasteiger partial charge is 0.396 e. The van der Waals surface area contributed by atoms with Gasteiger partial charge >= 0.3 is 0 Å². The zero-order valence-corrected chi connectivity index (χ0v) is 7.00. The van der Waals surface area contributed by atoms with Crippen LogP contribution in [-0.4, -0.2) is 4.98 Å². The van der Waals surface area contributed by atoms with Crippen LogP contribution < -0.4 is 11.5 Å². The van der Waals surface area contributed by atoms with E-state index < -0.39 is 0 Å². The fourth-order valence-corrected chi connectivity index (χ4v) is 1.01. The minimum atomic E-state index is 0.0662. The minimum Gasteiger partial charge on any atom is -0.396 e. The van der Waals surface area contributed by atoms with Gasteiger partial charge in [-0.2, -0.15) is 10.5 Å². The van der Waals surface area contributed by atoms with E-state index >= 15 is 0 Å². The second-order valence-corrected chi connectivity index (χ2v) is 2.47. The maximum absolute atomic E-state index is 8.69. The predicted octanol–water partition coefficient (Wildman–Crippen LogP) is 0.298. The summed E-state index contributed by atoms with van der Waals surface area (Å²) in [6.45, 7) is 1.62. The van der Waals surface area contributed by atoms with Crippen LogP contribution >= 0.6 is 0 Å². The van der Waals surface area contributed by atoms with E-state index in [2.05, 4.69) is 4.98 Å². The average molecular weight is 173 g/mol. The van der Waals surface area contributed by atoms with E-state index in [1.807, 2.05) is 6.07 Å². The summed E-state index contributed by atoms with van der Waals surface area (Å²) in [4.78, 5) is 3.83. The van der Waals surface area contributed by atoms with Crippen LogP contribution in [0.25, 0.3) is 0 Å². The first-order chi connectivity index (χ1) is 6.11. The summed E-state index contributed by atoms with van der Waals surface area (Å²) in [6, 6.07) is 3.67. The van der Waals surface area contributed by atoms with Gasteiger partial charge in [-0.05, 0) is 6.92 Å². The van der Waals surface area contributed by atoms with Crippen molar-refractivity contribution in [3.63, 3.8) is 0 Å². The Hall–Kier alpha value is -2.27. The van der Waals surface area contributed by atoms with Crippen LogP contribution in [0.4, 0.5) is 11.5 Å². The van der Waals surface area contributed by atoms with E-state index in [1.165, 1.54) is 0 Å². The number of rotatable bonds is 0. The standard InChI is InChI=1S/C8H7N5/c1-4-5(2-9)7(11)6(3-10)8(12)13-4/h1H3,(H4,11,12,13). The molecular weight excluding hydrogens is 166 g/mol. The Morgan fingerprint density at radius 2 is 1.69 bits per heavy atom. The molecule has 1 heterocycles. The maximum atomic E-state index is 8.69. The van der Waals surface area contributed by atoms with Crippen LogP contribution in [0.1, 0.15) is 16.8 Å². The molecule has 0 aliphatic heterocycles. The lowest BCUT2D eigenvalue weighted by atomic mass is 10.1. The second kappa shape index (κ2) is 3.00. The van der Waals surface area contributed by atoms with Gasteiger partial charge < -0.3 is 11.5 Å². The fourth-order valence-electron chi connectivity index (χ4n) is 1.01. The lowest BCUT2D eigenvalue weighted by Crippen LogP contribution is -2.05. The molecule has 0 fully saturated rings. The number of aromatic nitrogens is 1. The van der Waals surface area contributed by atoms with E-state index in [-0.39, 0.29) is 22.6 Å². The first-order valence-electron chi connectivity index (χ1n) is 3.47. The predicted molar refractivity (Wildman–Crippen MR) is 47.2 cm³/mol. The highest BCUT2D eigenvalue weighted by atomic mass is 14.9. The van der Waals surface area contributed by atoms with Gasteiger partial charge in [0.2, 0.25) is 0 Å². The first-order valence-corrected chi connectivity index (χ1v) is 3.47. The Morgan fingerprint density at radius 3 is 2.15 bits per heavy atom. The third kappa shape index (κ3) is 1.23. The van der Waals surface area contributed by atoms with Crippen molar-refractivity contribution < 1.29 is 0 Å². The zero-order chi connectivity index (χ0) is 10.0. The summed E-state index contributed by atoms with van der Waals surface area (Å²) in [5, 5.41) is 17.3. The van der Waals surface area contributed by atoms with Gasteiger partial charge in [0.1, 0.15) is 23.5 Å². The van der Waals surface area contributed by atoms with Crippen molar-refractivity contribution in [2.45, 2.75) is 6.92 Å². The number of nitrogens with two attached hydrogens (primary N) is 2. The normalized spacial score (nSPS) is 8.85. The SMILES string of the molecule is Cc1nc(N)c(C#N)c(N)c1C#N.